The summed E-state index contributed by atoms with van der Waals surface area (Å²) in [6.45, 7) is 5.86. The van der Waals surface area contributed by atoms with E-state index in [-0.39, 0.29) is 6.79 Å². The molecule has 20 heavy (non-hydrogen) atoms. The van der Waals surface area contributed by atoms with Crippen molar-refractivity contribution in [3.8, 4) is 17.4 Å². The van der Waals surface area contributed by atoms with E-state index in [1.165, 1.54) is 0 Å². The molecular formula is C15H18N2O3. The number of ether oxygens (including phenoxy) is 3. The predicted octanol–water partition coefficient (Wildman–Crippen LogP) is 2.34. The van der Waals surface area contributed by atoms with E-state index >= 15 is 0 Å². The van der Waals surface area contributed by atoms with Crippen molar-refractivity contribution in [2.75, 3.05) is 19.9 Å². The van der Waals surface area contributed by atoms with E-state index in [4.69, 9.17) is 14.2 Å². The van der Waals surface area contributed by atoms with Gasteiger partial charge in [-0.25, -0.2) is 4.98 Å². The van der Waals surface area contributed by atoms with Gasteiger partial charge in [-0.3, -0.25) is 0 Å². The summed E-state index contributed by atoms with van der Waals surface area (Å²) in [7, 11) is 0. The molecule has 3 rings (SSSR count). The summed E-state index contributed by atoms with van der Waals surface area (Å²) in [5.74, 6) is 2.15. The van der Waals surface area contributed by atoms with E-state index < -0.39 is 0 Å². The van der Waals surface area contributed by atoms with Crippen LogP contribution in [0.25, 0.3) is 10.8 Å². The normalized spacial score (nSPS) is 13.2. The number of nitrogens with zero attached hydrogens (tertiary/aromatic N) is 1. The van der Waals surface area contributed by atoms with Gasteiger partial charge in [0.05, 0.1) is 0 Å². The zero-order valence-electron chi connectivity index (χ0n) is 11.7. The highest BCUT2D eigenvalue weighted by molar-refractivity contribution is 5.90. The summed E-state index contributed by atoms with van der Waals surface area (Å²) in [4.78, 5) is 4.30. The second-order valence-corrected chi connectivity index (χ2v) is 5.00. The molecule has 0 radical (unpaired) electrons. The van der Waals surface area contributed by atoms with Gasteiger partial charge in [-0.15, -0.1) is 0 Å². The molecule has 0 spiro atoms. The summed E-state index contributed by atoms with van der Waals surface area (Å²) in [6.07, 6.45) is 1.75. The van der Waals surface area contributed by atoms with Crippen LogP contribution in [0.2, 0.25) is 0 Å². The third-order valence-corrected chi connectivity index (χ3v) is 3.11. The average molecular weight is 274 g/mol. The third-order valence-electron chi connectivity index (χ3n) is 3.11. The summed E-state index contributed by atoms with van der Waals surface area (Å²) >= 11 is 0. The highest BCUT2D eigenvalue weighted by Gasteiger charge is 2.16. The molecule has 0 saturated heterocycles. The molecule has 0 fully saturated rings. The average Bonchev–Trinajstić information content (AvgIpc) is 2.88. The number of fused-ring (bicyclic) bond motifs is 2. The van der Waals surface area contributed by atoms with Gasteiger partial charge in [-0.1, -0.05) is 13.8 Å². The Labute approximate surface area is 117 Å². The van der Waals surface area contributed by atoms with E-state index in [9.17, 15) is 0 Å². The third kappa shape index (κ3) is 2.63. The van der Waals surface area contributed by atoms with Crippen LogP contribution >= 0.6 is 0 Å². The largest absolute Gasteiger partial charge is 0.476 e. The second-order valence-electron chi connectivity index (χ2n) is 5.00. The summed E-state index contributed by atoms with van der Waals surface area (Å²) in [6, 6.07) is 6.28. The molecule has 1 aliphatic heterocycles. The van der Waals surface area contributed by atoms with Crippen molar-refractivity contribution in [2.45, 2.75) is 19.9 Å². The molecule has 1 aromatic carbocycles. The minimum atomic E-state index is 0.271. The van der Waals surface area contributed by atoms with Gasteiger partial charge >= 0.3 is 0 Å². The summed E-state index contributed by atoms with van der Waals surface area (Å²) in [5.41, 5.74) is 0. The van der Waals surface area contributed by atoms with Crippen LogP contribution in [-0.4, -0.2) is 31.0 Å². The van der Waals surface area contributed by atoms with Crippen molar-refractivity contribution in [3.05, 3.63) is 24.4 Å². The van der Waals surface area contributed by atoms with E-state index in [0.717, 1.165) is 28.8 Å². The lowest BCUT2D eigenvalue weighted by atomic mass is 10.1. The van der Waals surface area contributed by atoms with Crippen molar-refractivity contribution in [2.24, 2.45) is 0 Å². The Morgan fingerprint density at radius 1 is 1.30 bits per heavy atom. The molecule has 1 aromatic heterocycles. The van der Waals surface area contributed by atoms with Crippen LogP contribution in [0.5, 0.6) is 17.4 Å². The van der Waals surface area contributed by atoms with Gasteiger partial charge < -0.3 is 19.5 Å². The van der Waals surface area contributed by atoms with E-state index in [0.29, 0.717) is 18.5 Å². The van der Waals surface area contributed by atoms with Gasteiger partial charge in [0.15, 0.2) is 11.5 Å². The highest BCUT2D eigenvalue weighted by Crippen LogP contribution is 2.38. The Balaban J connectivity index is 1.80. The van der Waals surface area contributed by atoms with Gasteiger partial charge in [0.25, 0.3) is 0 Å². The minimum Gasteiger partial charge on any atom is -0.476 e. The number of hydrogen-bond acceptors (Lipinski definition) is 5. The monoisotopic (exact) mass is 274 g/mol. The number of nitrogens with one attached hydrogen (secondary N) is 1. The quantitative estimate of drug-likeness (QED) is 0.848. The first-order valence-corrected chi connectivity index (χ1v) is 6.78. The van der Waals surface area contributed by atoms with Crippen LogP contribution < -0.4 is 19.5 Å². The first-order chi connectivity index (χ1) is 9.74. The molecule has 0 aliphatic carbocycles. The Morgan fingerprint density at radius 2 is 2.10 bits per heavy atom. The van der Waals surface area contributed by atoms with Crippen LogP contribution in [-0.2, 0) is 0 Å². The summed E-state index contributed by atoms with van der Waals surface area (Å²) < 4.78 is 16.5. The second kappa shape index (κ2) is 5.54. The highest BCUT2D eigenvalue weighted by atomic mass is 16.7. The summed E-state index contributed by atoms with van der Waals surface area (Å²) in [5, 5.41) is 5.29. The molecular weight excluding hydrogens is 256 g/mol. The maximum atomic E-state index is 5.76. The molecule has 1 N–H and O–H groups in total. The standard InChI is InChI=1S/C15H18N2O3/c1-10(2)16-5-6-18-15-12-8-14-13(19-9-20-14)7-11(12)3-4-17-15/h3-4,7-8,10,16H,5-6,9H2,1-2H3. The topological polar surface area (TPSA) is 52.6 Å². The molecule has 0 saturated carbocycles. The maximum absolute atomic E-state index is 5.76. The first kappa shape index (κ1) is 13.0. The minimum absolute atomic E-state index is 0.271. The zero-order valence-corrected chi connectivity index (χ0v) is 11.7. The molecule has 0 bridgehead atoms. The first-order valence-electron chi connectivity index (χ1n) is 6.78. The lowest BCUT2D eigenvalue weighted by Gasteiger charge is -2.11. The van der Waals surface area contributed by atoms with Crippen molar-refractivity contribution in [1.82, 2.24) is 10.3 Å². The molecule has 0 amide bonds. The van der Waals surface area contributed by atoms with E-state index in [2.05, 4.69) is 24.1 Å². The van der Waals surface area contributed by atoms with Gasteiger partial charge in [0.1, 0.15) is 6.61 Å². The van der Waals surface area contributed by atoms with Crippen LogP contribution in [0, 0.1) is 0 Å². The van der Waals surface area contributed by atoms with Crippen LogP contribution in [0.1, 0.15) is 13.8 Å². The molecule has 5 nitrogen and oxygen atoms in total. The van der Waals surface area contributed by atoms with Gasteiger partial charge in [0.2, 0.25) is 12.7 Å². The fraction of sp³-hybridized carbons (Fsp3) is 0.400. The number of rotatable bonds is 5. The van der Waals surface area contributed by atoms with Gasteiger partial charge in [0, 0.05) is 24.2 Å². The lowest BCUT2D eigenvalue weighted by Crippen LogP contribution is -2.27. The Bertz CT molecular complexity index is 613. The van der Waals surface area contributed by atoms with Gasteiger partial charge in [-0.2, -0.15) is 0 Å². The van der Waals surface area contributed by atoms with Crippen LogP contribution in [0.3, 0.4) is 0 Å². The van der Waals surface area contributed by atoms with Crippen molar-refractivity contribution in [1.29, 1.82) is 0 Å². The number of hydrogen-bond donors (Lipinski definition) is 1. The van der Waals surface area contributed by atoms with Crippen LogP contribution in [0.4, 0.5) is 0 Å². The maximum Gasteiger partial charge on any atom is 0.231 e. The fourth-order valence-electron chi connectivity index (χ4n) is 2.15. The Morgan fingerprint density at radius 3 is 2.90 bits per heavy atom. The number of pyridine rings is 1. The molecule has 106 valence electrons. The van der Waals surface area contributed by atoms with Crippen LogP contribution in [0.15, 0.2) is 24.4 Å². The predicted molar refractivity (Wildman–Crippen MR) is 76.5 cm³/mol. The Kier molecular flexibility index (Phi) is 3.60. The van der Waals surface area contributed by atoms with Crippen molar-refractivity contribution < 1.29 is 14.2 Å². The lowest BCUT2D eigenvalue weighted by molar-refractivity contribution is 0.174. The zero-order chi connectivity index (χ0) is 13.9. The molecule has 1 aliphatic rings. The number of aromatic nitrogens is 1. The Hall–Kier alpha value is -2.01. The van der Waals surface area contributed by atoms with Gasteiger partial charge in [-0.05, 0) is 23.6 Å². The van der Waals surface area contributed by atoms with E-state index in [1.807, 2.05) is 18.2 Å². The number of benzene rings is 1. The molecule has 5 heteroatoms. The molecule has 0 unspecified atom stereocenters. The molecule has 0 atom stereocenters. The molecule has 2 aromatic rings. The smallest absolute Gasteiger partial charge is 0.231 e. The fourth-order valence-corrected chi connectivity index (χ4v) is 2.15. The SMILES string of the molecule is CC(C)NCCOc1nccc2cc3c(cc12)OCO3. The van der Waals surface area contributed by atoms with Crippen molar-refractivity contribution >= 4 is 10.8 Å². The molecule has 2 heterocycles. The van der Waals surface area contributed by atoms with E-state index in [1.54, 1.807) is 6.20 Å². The van der Waals surface area contributed by atoms with Crippen molar-refractivity contribution in [3.63, 3.8) is 0 Å².